The van der Waals surface area contributed by atoms with E-state index in [9.17, 15) is 8.42 Å². The van der Waals surface area contributed by atoms with Gasteiger partial charge in [0.25, 0.3) is 0 Å². The van der Waals surface area contributed by atoms with Gasteiger partial charge in [0.15, 0.2) is 14.9 Å². The van der Waals surface area contributed by atoms with Crippen LogP contribution in [0.2, 0.25) is 0 Å². The minimum atomic E-state index is -3.26. The monoisotopic (exact) mass is 321 g/mol. The molecule has 2 rings (SSSR count). The molecule has 1 aliphatic heterocycles. The van der Waals surface area contributed by atoms with Gasteiger partial charge in [0.05, 0.1) is 9.72 Å². The van der Waals surface area contributed by atoms with Crippen LogP contribution in [-0.4, -0.2) is 30.2 Å². The maximum absolute atomic E-state index is 12.3. The predicted molar refractivity (Wildman–Crippen MR) is 69.5 cm³/mol. The van der Waals surface area contributed by atoms with Crippen LogP contribution in [0.25, 0.3) is 0 Å². The molecule has 0 radical (unpaired) electrons. The number of hydrogen-bond acceptors (Lipinski definition) is 4. The van der Waals surface area contributed by atoms with Crippen molar-refractivity contribution in [3.8, 4) is 0 Å². The second kappa shape index (κ2) is 5.06. The third kappa shape index (κ3) is 2.43. The van der Waals surface area contributed by atoms with Gasteiger partial charge in [-0.3, -0.25) is 0 Å². The molecule has 2 heterocycles. The summed E-state index contributed by atoms with van der Waals surface area (Å²) >= 11 is 5.07. The Labute approximate surface area is 108 Å². The highest BCUT2D eigenvalue weighted by molar-refractivity contribution is 9.10. The van der Waals surface area contributed by atoms with Gasteiger partial charge in [-0.1, -0.05) is 0 Å². The van der Waals surface area contributed by atoms with Crippen molar-refractivity contribution >= 4 is 37.5 Å². The number of hydrogen-bond donors (Lipinski definition) is 0. The highest BCUT2D eigenvalue weighted by Crippen LogP contribution is 2.29. The Bertz CT molecular complexity index is 469. The average molecular weight is 322 g/mol. The third-order valence-corrected chi connectivity index (χ3v) is 6.77. The summed E-state index contributed by atoms with van der Waals surface area (Å²) in [5, 5.41) is -0.0770. The largest absolute Gasteiger partial charge is 0.244 e. The second-order valence-electron chi connectivity index (χ2n) is 3.65. The van der Waals surface area contributed by atoms with Gasteiger partial charge in [-0.2, -0.15) is 11.8 Å². The van der Waals surface area contributed by atoms with Gasteiger partial charge in [0.1, 0.15) is 0 Å². The van der Waals surface area contributed by atoms with Gasteiger partial charge < -0.3 is 0 Å². The quantitative estimate of drug-likeness (QED) is 0.839. The lowest BCUT2D eigenvalue weighted by Crippen LogP contribution is -2.26. The van der Waals surface area contributed by atoms with E-state index in [0.29, 0.717) is 4.47 Å². The number of sulfone groups is 1. The van der Waals surface area contributed by atoms with E-state index in [0.717, 1.165) is 24.3 Å². The Balaban J connectivity index is 2.35. The summed E-state index contributed by atoms with van der Waals surface area (Å²) in [5.41, 5.74) is 0. The molecule has 0 aromatic carbocycles. The first-order valence-electron chi connectivity index (χ1n) is 5.04. The lowest BCUT2D eigenvalue weighted by molar-refractivity contribution is 0.566. The molecule has 0 bridgehead atoms. The second-order valence-corrected chi connectivity index (χ2v) is 7.87. The van der Waals surface area contributed by atoms with Gasteiger partial charge in [-0.25, -0.2) is 13.4 Å². The number of thioether (sulfide) groups is 1. The average Bonchev–Trinajstić information content (AvgIpc) is 2.30. The molecule has 16 heavy (non-hydrogen) atoms. The minimum absolute atomic E-state index is 0.187. The Morgan fingerprint density at radius 1 is 1.38 bits per heavy atom. The smallest absolute Gasteiger partial charge is 0.199 e. The summed E-state index contributed by atoms with van der Waals surface area (Å²) in [5.74, 6) is 1.85. The van der Waals surface area contributed by atoms with Crippen molar-refractivity contribution in [1.82, 2.24) is 4.98 Å². The highest BCUT2D eigenvalue weighted by Gasteiger charge is 2.31. The van der Waals surface area contributed by atoms with E-state index in [1.807, 2.05) is 11.8 Å². The first-order valence-corrected chi connectivity index (χ1v) is 8.54. The van der Waals surface area contributed by atoms with Gasteiger partial charge in [-0.05, 0) is 52.4 Å². The van der Waals surface area contributed by atoms with E-state index < -0.39 is 9.84 Å². The van der Waals surface area contributed by atoms with E-state index >= 15 is 0 Å². The Hall–Kier alpha value is -0.0700. The molecule has 6 heteroatoms. The van der Waals surface area contributed by atoms with Crippen LogP contribution in [0.1, 0.15) is 12.8 Å². The van der Waals surface area contributed by atoms with E-state index in [1.54, 1.807) is 12.1 Å². The van der Waals surface area contributed by atoms with Gasteiger partial charge in [-0.15, -0.1) is 0 Å². The van der Waals surface area contributed by atoms with Crippen LogP contribution in [0, 0.1) is 0 Å². The summed E-state index contributed by atoms with van der Waals surface area (Å²) in [7, 11) is -3.26. The molecule has 0 atom stereocenters. The van der Waals surface area contributed by atoms with E-state index in [4.69, 9.17) is 0 Å². The molecule has 1 aromatic rings. The zero-order valence-electron chi connectivity index (χ0n) is 8.60. The number of pyridine rings is 1. The molecule has 1 fully saturated rings. The Kier molecular flexibility index (Phi) is 3.92. The topological polar surface area (TPSA) is 47.0 Å². The van der Waals surface area contributed by atoms with Crippen LogP contribution in [0.15, 0.2) is 27.8 Å². The van der Waals surface area contributed by atoms with Gasteiger partial charge in [0.2, 0.25) is 0 Å². The molecule has 0 spiro atoms. The maximum Gasteiger partial charge on any atom is 0.199 e. The fraction of sp³-hybridized carbons (Fsp3) is 0.500. The first kappa shape index (κ1) is 12.4. The van der Waals surface area contributed by atoms with Crippen molar-refractivity contribution in [2.75, 3.05) is 11.5 Å². The molecule has 0 aliphatic carbocycles. The number of aromatic nitrogens is 1. The van der Waals surface area contributed by atoms with Crippen molar-refractivity contribution in [1.29, 1.82) is 0 Å². The number of halogens is 1. The van der Waals surface area contributed by atoms with E-state index in [2.05, 4.69) is 20.9 Å². The summed E-state index contributed by atoms with van der Waals surface area (Å²) in [4.78, 5) is 3.98. The van der Waals surface area contributed by atoms with Crippen molar-refractivity contribution in [2.45, 2.75) is 23.1 Å². The maximum atomic E-state index is 12.3. The minimum Gasteiger partial charge on any atom is -0.244 e. The van der Waals surface area contributed by atoms with Crippen LogP contribution in [0.4, 0.5) is 0 Å². The molecule has 0 N–H and O–H groups in total. The number of nitrogens with zero attached hydrogens (tertiary/aromatic N) is 1. The van der Waals surface area contributed by atoms with Crippen LogP contribution in [0.5, 0.6) is 0 Å². The zero-order chi connectivity index (χ0) is 11.6. The van der Waals surface area contributed by atoms with E-state index in [1.165, 1.54) is 6.20 Å². The van der Waals surface area contributed by atoms with Crippen molar-refractivity contribution in [3.05, 3.63) is 22.8 Å². The molecule has 0 saturated carbocycles. The lowest BCUT2D eigenvalue weighted by atomic mass is 10.2. The molecule has 3 nitrogen and oxygen atoms in total. The molecule has 88 valence electrons. The highest BCUT2D eigenvalue weighted by atomic mass is 79.9. The molecular weight excluding hydrogens is 310 g/mol. The SMILES string of the molecule is O=S(=O)(c1ncccc1Br)C1CCSCC1. The third-order valence-electron chi connectivity index (χ3n) is 2.60. The summed E-state index contributed by atoms with van der Waals surface area (Å²) < 4.78 is 25.2. The molecule has 1 aliphatic rings. The molecule has 0 unspecified atom stereocenters. The predicted octanol–water partition coefficient (Wildman–Crippen LogP) is 2.51. The van der Waals surface area contributed by atoms with E-state index in [-0.39, 0.29) is 10.3 Å². The summed E-state index contributed by atoms with van der Waals surface area (Å²) in [6.45, 7) is 0. The number of rotatable bonds is 2. The fourth-order valence-corrected chi connectivity index (χ4v) is 5.78. The molecule has 0 amide bonds. The summed E-state index contributed by atoms with van der Waals surface area (Å²) in [6, 6.07) is 3.44. The lowest BCUT2D eigenvalue weighted by Gasteiger charge is -2.21. The van der Waals surface area contributed by atoms with Gasteiger partial charge in [0, 0.05) is 6.20 Å². The normalized spacial score (nSPS) is 18.6. The van der Waals surface area contributed by atoms with Gasteiger partial charge >= 0.3 is 0 Å². The van der Waals surface area contributed by atoms with Crippen LogP contribution < -0.4 is 0 Å². The molecular formula is C10H12BrNO2S2. The summed E-state index contributed by atoms with van der Waals surface area (Å²) in [6.07, 6.45) is 2.99. The van der Waals surface area contributed by atoms with Crippen molar-refractivity contribution < 1.29 is 8.42 Å². The molecule has 1 saturated heterocycles. The Morgan fingerprint density at radius 3 is 2.69 bits per heavy atom. The van der Waals surface area contributed by atoms with Crippen molar-refractivity contribution in [2.24, 2.45) is 0 Å². The Morgan fingerprint density at radius 2 is 2.06 bits per heavy atom. The fourth-order valence-electron chi connectivity index (χ4n) is 1.72. The standard InChI is InChI=1S/C10H12BrNO2S2/c11-9-2-1-5-12-10(9)16(13,14)8-3-6-15-7-4-8/h1-2,5,8H,3-4,6-7H2. The first-order chi connectivity index (χ1) is 7.62. The van der Waals surface area contributed by atoms with Crippen molar-refractivity contribution in [3.63, 3.8) is 0 Å². The van der Waals surface area contributed by atoms with Crippen LogP contribution in [0.3, 0.4) is 0 Å². The van der Waals surface area contributed by atoms with Crippen LogP contribution in [-0.2, 0) is 9.84 Å². The zero-order valence-corrected chi connectivity index (χ0v) is 11.8. The van der Waals surface area contributed by atoms with Crippen LogP contribution >= 0.6 is 27.7 Å². The molecule has 1 aromatic heterocycles.